The van der Waals surface area contributed by atoms with Crippen molar-refractivity contribution >= 4 is 60.9 Å². The quantitative estimate of drug-likeness (QED) is 0.179. The average Bonchev–Trinajstić information content (AvgIpc) is 3.77. The molecule has 0 aliphatic heterocycles. The monoisotopic (exact) mass is 653 g/mol. The minimum absolute atomic E-state index is 0.864. The summed E-state index contributed by atoms with van der Waals surface area (Å²) in [6.45, 7) is 0. The van der Waals surface area contributed by atoms with E-state index in [2.05, 4.69) is 169 Å². The Balaban J connectivity index is 1.03. The van der Waals surface area contributed by atoms with Crippen LogP contribution in [0.25, 0.3) is 77.3 Å². The molecular formula is C48H31NO2. The molecule has 240 valence electrons. The fourth-order valence-corrected chi connectivity index (χ4v) is 7.38. The van der Waals surface area contributed by atoms with Crippen LogP contribution >= 0.6 is 0 Å². The van der Waals surface area contributed by atoms with E-state index in [0.29, 0.717) is 0 Å². The molecule has 0 atom stereocenters. The molecule has 0 saturated heterocycles. The molecule has 10 aromatic rings. The number of hydrogen-bond donors (Lipinski definition) is 0. The number of fused-ring (bicyclic) bond motifs is 7. The molecule has 0 fully saturated rings. The lowest BCUT2D eigenvalue weighted by molar-refractivity contribution is 0.663. The Hall–Kier alpha value is -6.84. The fraction of sp³-hybridized carbons (Fsp3) is 0. The Morgan fingerprint density at radius 1 is 0.275 bits per heavy atom. The van der Waals surface area contributed by atoms with Crippen molar-refractivity contribution in [2.75, 3.05) is 4.90 Å². The summed E-state index contributed by atoms with van der Waals surface area (Å²) in [5.41, 5.74) is 13.8. The standard InChI is InChI=1S/C48H31NO2/c1-3-9-32(10-4-1)34-15-22-38(23-16-34)49(39-24-17-35(18-25-39)33-11-5-2-6-12-33)40-26-19-36(20-27-40)37-21-28-42-46(31-37)51-45-30-29-44-47(48(42)45)41-13-7-8-14-43(41)50-44/h1-31H. The van der Waals surface area contributed by atoms with Crippen LogP contribution in [0.1, 0.15) is 0 Å². The second-order valence-corrected chi connectivity index (χ2v) is 12.9. The molecule has 3 nitrogen and oxygen atoms in total. The maximum atomic E-state index is 6.45. The second kappa shape index (κ2) is 11.9. The van der Waals surface area contributed by atoms with Gasteiger partial charge in [-0.2, -0.15) is 0 Å². The van der Waals surface area contributed by atoms with Crippen LogP contribution in [0.4, 0.5) is 17.1 Å². The van der Waals surface area contributed by atoms with Gasteiger partial charge >= 0.3 is 0 Å². The zero-order valence-corrected chi connectivity index (χ0v) is 27.7. The van der Waals surface area contributed by atoms with Crippen molar-refractivity contribution in [1.29, 1.82) is 0 Å². The Morgan fingerprint density at radius 2 is 0.667 bits per heavy atom. The Bertz CT molecular complexity index is 2730. The largest absolute Gasteiger partial charge is 0.456 e. The van der Waals surface area contributed by atoms with Crippen LogP contribution in [-0.2, 0) is 0 Å². The van der Waals surface area contributed by atoms with Crippen LogP contribution < -0.4 is 4.90 Å². The highest BCUT2D eigenvalue weighted by molar-refractivity contribution is 6.25. The lowest BCUT2D eigenvalue weighted by Gasteiger charge is -2.26. The van der Waals surface area contributed by atoms with Crippen LogP contribution in [0, 0.1) is 0 Å². The number of rotatable bonds is 6. The van der Waals surface area contributed by atoms with Crippen molar-refractivity contribution in [3.63, 3.8) is 0 Å². The lowest BCUT2D eigenvalue weighted by atomic mass is 10.0. The van der Waals surface area contributed by atoms with Gasteiger partial charge in [0.25, 0.3) is 0 Å². The summed E-state index contributed by atoms with van der Waals surface area (Å²) in [7, 11) is 0. The number of furan rings is 2. The highest BCUT2D eigenvalue weighted by atomic mass is 16.3. The predicted molar refractivity (Wildman–Crippen MR) is 212 cm³/mol. The molecule has 2 aromatic heterocycles. The summed E-state index contributed by atoms with van der Waals surface area (Å²) in [5, 5.41) is 4.40. The van der Waals surface area contributed by atoms with E-state index < -0.39 is 0 Å². The first-order valence-electron chi connectivity index (χ1n) is 17.2. The number of anilines is 3. The van der Waals surface area contributed by atoms with Gasteiger partial charge in [0.05, 0.1) is 0 Å². The van der Waals surface area contributed by atoms with Gasteiger partial charge in [0.1, 0.15) is 22.3 Å². The zero-order chi connectivity index (χ0) is 33.7. The first-order valence-corrected chi connectivity index (χ1v) is 17.2. The highest BCUT2D eigenvalue weighted by Gasteiger charge is 2.17. The summed E-state index contributed by atoms with van der Waals surface area (Å²) in [6, 6.07) is 66.2. The summed E-state index contributed by atoms with van der Waals surface area (Å²) in [6.07, 6.45) is 0. The van der Waals surface area contributed by atoms with Gasteiger partial charge in [0, 0.05) is 38.6 Å². The minimum atomic E-state index is 0.864. The summed E-state index contributed by atoms with van der Waals surface area (Å²) in [4.78, 5) is 2.32. The second-order valence-electron chi connectivity index (χ2n) is 12.9. The van der Waals surface area contributed by atoms with Gasteiger partial charge in [0.15, 0.2) is 0 Å². The zero-order valence-electron chi connectivity index (χ0n) is 27.7. The van der Waals surface area contributed by atoms with Gasteiger partial charge in [-0.05, 0) is 100 Å². The molecule has 0 saturated carbocycles. The molecule has 3 heteroatoms. The third kappa shape index (κ3) is 5.06. The van der Waals surface area contributed by atoms with Gasteiger partial charge in [-0.25, -0.2) is 0 Å². The van der Waals surface area contributed by atoms with Gasteiger partial charge in [-0.3, -0.25) is 0 Å². The molecule has 0 N–H and O–H groups in total. The number of para-hydroxylation sites is 1. The molecule has 0 aliphatic rings. The first-order chi connectivity index (χ1) is 25.3. The molecule has 0 spiro atoms. The van der Waals surface area contributed by atoms with Crippen LogP contribution in [0.3, 0.4) is 0 Å². The van der Waals surface area contributed by atoms with Crippen molar-refractivity contribution in [2.24, 2.45) is 0 Å². The Labute approximate surface area is 295 Å². The van der Waals surface area contributed by atoms with E-state index in [1.807, 2.05) is 24.3 Å². The van der Waals surface area contributed by atoms with Gasteiger partial charge in [-0.1, -0.05) is 121 Å². The van der Waals surface area contributed by atoms with Crippen molar-refractivity contribution in [3.8, 4) is 33.4 Å². The van der Waals surface area contributed by atoms with Crippen molar-refractivity contribution in [3.05, 3.63) is 188 Å². The van der Waals surface area contributed by atoms with Crippen molar-refractivity contribution in [2.45, 2.75) is 0 Å². The molecule has 0 unspecified atom stereocenters. The molecule has 0 aliphatic carbocycles. The van der Waals surface area contributed by atoms with Crippen LogP contribution in [-0.4, -0.2) is 0 Å². The van der Waals surface area contributed by atoms with Gasteiger partial charge in [-0.15, -0.1) is 0 Å². The topological polar surface area (TPSA) is 29.5 Å². The Kier molecular flexibility index (Phi) is 6.81. The summed E-state index contributed by atoms with van der Waals surface area (Å²) in [5.74, 6) is 0. The molecule has 8 aromatic carbocycles. The highest BCUT2D eigenvalue weighted by Crippen LogP contribution is 2.42. The van der Waals surface area contributed by atoms with E-state index in [4.69, 9.17) is 8.83 Å². The summed E-state index contributed by atoms with van der Waals surface area (Å²) < 4.78 is 12.6. The maximum Gasteiger partial charge on any atom is 0.136 e. The predicted octanol–water partition coefficient (Wildman–Crippen LogP) is 14.0. The van der Waals surface area contributed by atoms with Crippen LogP contribution in [0.15, 0.2) is 197 Å². The normalized spacial score (nSPS) is 11.5. The Morgan fingerprint density at radius 3 is 1.20 bits per heavy atom. The molecule has 0 amide bonds. The number of hydrogen-bond acceptors (Lipinski definition) is 3. The van der Waals surface area contributed by atoms with E-state index >= 15 is 0 Å². The van der Waals surface area contributed by atoms with Gasteiger partial charge in [0.2, 0.25) is 0 Å². The summed E-state index contributed by atoms with van der Waals surface area (Å²) >= 11 is 0. The number of nitrogens with zero attached hydrogens (tertiary/aromatic N) is 1. The van der Waals surface area contributed by atoms with Crippen molar-refractivity contribution < 1.29 is 8.83 Å². The molecular weight excluding hydrogens is 623 g/mol. The number of benzene rings is 8. The van der Waals surface area contributed by atoms with E-state index in [0.717, 1.165) is 72.1 Å². The molecule has 10 rings (SSSR count). The van der Waals surface area contributed by atoms with E-state index in [1.165, 1.54) is 22.3 Å². The third-order valence-corrected chi connectivity index (χ3v) is 9.90. The van der Waals surface area contributed by atoms with Gasteiger partial charge < -0.3 is 13.7 Å². The molecule has 51 heavy (non-hydrogen) atoms. The minimum Gasteiger partial charge on any atom is -0.456 e. The maximum absolute atomic E-state index is 6.45. The smallest absolute Gasteiger partial charge is 0.136 e. The van der Waals surface area contributed by atoms with Crippen molar-refractivity contribution in [1.82, 2.24) is 0 Å². The van der Waals surface area contributed by atoms with E-state index in [-0.39, 0.29) is 0 Å². The third-order valence-electron chi connectivity index (χ3n) is 9.90. The van der Waals surface area contributed by atoms with Crippen LogP contribution in [0.2, 0.25) is 0 Å². The fourth-order valence-electron chi connectivity index (χ4n) is 7.38. The van der Waals surface area contributed by atoms with E-state index in [1.54, 1.807) is 0 Å². The lowest BCUT2D eigenvalue weighted by Crippen LogP contribution is -2.09. The molecule has 2 heterocycles. The SMILES string of the molecule is c1ccc(-c2ccc(N(c3ccc(-c4ccccc4)cc3)c3ccc(-c4ccc5c(c4)oc4ccc6oc7ccccc7c6c45)cc3)cc2)cc1. The van der Waals surface area contributed by atoms with E-state index in [9.17, 15) is 0 Å². The first kappa shape index (κ1) is 29.1. The molecule has 0 radical (unpaired) electrons. The molecule has 0 bridgehead atoms. The average molecular weight is 654 g/mol. The van der Waals surface area contributed by atoms with Crippen LogP contribution in [0.5, 0.6) is 0 Å².